The topological polar surface area (TPSA) is 62.5 Å². The first-order chi connectivity index (χ1) is 10.1. The summed E-state index contributed by atoms with van der Waals surface area (Å²) in [6.07, 6.45) is 0. The maximum atomic E-state index is 11.4. The van der Waals surface area contributed by atoms with Crippen LogP contribution in [0, 0.1) is 6.92 Å². The van der Waals surface area contributed by atoms with E-state index in [0.29, 0.717) is 18.0 Å². The number of aromatic carboxylic acids is 1. The third kappa shape index (κ3) is 2.84. The highest BCUT2D eigenvalue weighted by Gasteiger charge is 2.17. The SMILES string of the molecule is Cc1ccc(CNCc2c(C(=O)O)sc3ccccc23)o1. The molecule has 0 aliphatic carbocycles. The lowest BCUT2D eigenvalue weighted by Gasteiger charge is -2.04. The Labute approximate surface area is 126 Å². The molecule has 0 aliphatic rings. The van der Waals surface area contributed by atoms with Gasteiger partial charge in [0.2, 0.25) is 0 Å². The average molecular weight is 301 g/mol. The number of fused-ring (bicyclic) bond motifs is 1. The molecule has 2 heterocycles. The first-order valence-corrected chi connectivity index (χ1v) is 7.46. The zero-order valence-corrected chi connectivity index (χ0v) is 12.4. The van der Waals surface area contributed by atoms with Crippen molar-refractivity contribution in [3.8, 4) is 0 Å². The Morgan fingerprint density at radius 2 is 2.05 bits per heavy atom. The summed E-state index contributed by atoms with van der Waals surface area (Å²) in [7, 11) is 0. The van der Waals surface area contributed by atoms with Crippen LogP contribution in [0.15, 0.2) is 40.8 Å². The Hall–Kier alpha value is -2.11. The number of hydrogen-bond acceptors (Lipinski definition) is 4. The summed E-state index contributed by atoms with van der Waals surface area (Å²) in [5.74, 6) is 0.852. The number of benzene rings is 1. The standard InChI is InChI=1S/C16H15NO3S/c1-10-6-7-11(20-10)8-17-9-13-12-4-2-3-5-14(12)21-15(13)16(18)19/h2-7,17H,8-9H2,1H3,(H,18,19). The van der Waals surface area contributed by atoms with Gasteiger partial charge in [0.25, 0.3) is 0 Å². The van der Waals surface area contributed by atoms with Crippen molar-refractivity contribution >= 4 is 27.4 Å². The second kappa shape index (κ2) is 5.71. The van der Waals surface area contributed by atoms with E-state index in [2.05, 4.69) is 5.32 Å². The molecule has 5 heteroatoms. The van der Waals surface area contributed by atoms with Crippen molar-refractivity contribution in [1.82, 2.24) is 5.32 Å². The van der Waals surface area contributed by atoms with E-state index in [4.69, 9.17) is 4.42 Å². The molecule has 0 fully saturated rings. The largest absolute Gasteiger partial charge is 0.477 e. The zero-order valence-electron chi connectivity index (χ0n) is 11.6. The number of aryl methyl sites for hydroxylation is 1. The van der Waals surface area contributed by atoms with E-state index in [1.165, 1.54) is 11.3 Å². The van der Waals surface area contributed by atoms with Crippen LogP contribution >= 0.6 is 11.3 Å². The highest BCUT2D eigenvalue weighted by atomic mass is 32.1. The molecular weight excluding hydrogens is 286 g/mol. The van der Waals surface area contributed by atoms with E-state index in [1.807, 2.05) is 43.3 Å². The number of carboxylic acids is 1. The molecule has 1 aromatic carbocycles. The number of nitrogens with one attached hydrogen (secondary N) is 1. The summed E-state index contributed by atoms with van der Waals surface area (Å²) in [4.78, 5) is 11.8. The van der Waals surface area contributed by atoms with Gasteiger partial charge in [-0.15, -0.1) is 11.3 Å². The van der Waals surface area contributed by atoms with Gasteiger partial charge in [-0.1, -0.05) is 18.2 Å². The van der Waals surface area contributed by atoms with Gasteiger partial charge in [0.15, 0.2) is 0 Å². The molecule has 0 aliphatic heterocycles. The van der Waals surface area contributed by atoms with E-state index in [1.54, 1.807) is 0 Å². The molecule has 0 atom stereocenters. The lowest BCUT2D eigenvalue weighted by atomic mass is 10.1. The number of hydrogen-bond donors (Lipinski definition) is 2. The summed E-state index contributed by atoms with van der Waals surface area (Å²) >= 11 is 1.32. The summed E-state index contributed by atoms with van der Waals surface area (Å²) in [5, 5.41) is 13.6. The van der Waals surface area contributed by atoms with Crippen LogP contribution < -0.4 is 5.32 Å². The van der Waals surface area contributed by atoms with Crippen LogP contribution in [0.2, 0.25) is 0 Å². The predicted molar refractivity (Wildman–Crippen MR) is 82.8 cm³/mol. The van der Waals surface area contributed by atoms with Gasteiger partial charge in [-0.2, -0.15) is 0 Å². The monoisotopic (exact) mass is 301 g/mol. The molecule has 0 unspecified atom stereocenters. The molecule has 21 heavy (non-hydrogen) atoms. The summed E-state index contributed by atoms with van der Waals surface area (Å²) in [6, 6.07) is 11.6. The number of carboxylic acid groups (broad SMARTS) is 1. The minimum atomic E-state index is -0.873. The van der Waals surface area contributed by atoms with Crippen molar-refractivity contribution < 1.29 is 14.3 Å². The number of rotatable bonds is 5. The minimum absolute atomic E-state index is 0.402. The van der Waals surface area contributed by atoms with E-state index in [9.17, 15) is 9.90 Å². The average Bonchev–Trinajstić information content (AvgIpc) is 3.03. The molecule has 3 aromatic rings. The van der Waals surface area contributed by atoms with Gasteiger partial charge >= 0.3 is 5.97 Å². The molecule has 0 saturated heterocycles. The molecule has 4 nitrogen and oxygen atoms in total. The molecular formula is C16H15NO3S. The van der Waals surface area contributed by atoms with Gasteiger partial charge < -0.3 is 14.8 Å². The summed E-state index contributed by atoms with van der Waals surface area (Å²) in [5.41, 5.74) is 0.839. The highest BCUT2D eigenvalue weighted by molar-refractivity contribution is 7.21. The van der Waals surface area contributed by atoms with Crippen LogP contribution in [0.3, 0.4) is 0 Å². The van der Waals surface area contributed by atoms with Gasteiger partial charge in [-0.05, 0) is 36.1 Å². The maximum absolute atomic E-state index is 11.4. The van der Waals surface area contributed by atoms with Crippen molar-refractivity contribution in [1.29, 1.82) is 0 Å². The fourth-order valence-corrected chi connectivity index (χ4v) is 3.40. The lowest BCUT2D eigenvalue weighted by Crippen LogP contribution is -2.14. The van der Waals surface area contributed by atoms with Gasteiger partial charge in [0, 0.05) is 11.2 Å². The van der Waals surface area contributed by atoms with Crippen molar-refractivity contribution in [3.05, 3.63) is 58.4 Å². The van der Waals surface area contributed by atoms with Crippen LogP contribution in [0.25, 0.3) is 10.1 Å². The van der Waals surface area contributed by atoms with Gasteiger partial charge in [-0.3, -0.25) is 0 Å². The maximum Gasteiger partial charge on any atom is 0.346 e. The Morgan fingerprint density at radius 3 is 2.76 bits per heavy atom. The highest BCUT2D eigenvalue weighted by Crippen LogP contribution is 2.31. The first kappa shape index (κ1) is 13.9. The molecule has 2 aromatic heterocycles. The van der Waals surface area contributed by atoms with Crippen molar-refractivity contribution in [2.45, 2.75) is 20.0 Å². The lowest BCUT2D eigenvalue weighted by molar-refractivity contribution is 0.0701. The van der Waals surface area contributed by atoms with E-state index in [0.717, 1.165) is 27.2 Å². The van der Waals surface area contributed by atoms with Crippen LogP contribution in [0.4, 0.5) is 0 Å². The predicted octanol–water partition coefficient (Wildman–Crippen LogP) is 3.79. The smallest absolute Gasteiger partial charge is 0.346 e. The van der Waals surface area contributed by atoms with E-state index >= 15 is 0 Å². The summed E-state index contributed by atoms with van der Waals surface area (Å²) < 4.78 is 6.49. The minimum Gasteiger partial charge on any atom is -0.477 e. The third-order valence-corrected chi connectivity index (χ3v) is 4.49. The van der Waals surface area contributed by atoms with Crippen LogP contribution in [0.5, 0.6) is 0 Å². The third-order valence-electron chi connectivity index (χ3n) is 3.29. The molecule has 0 saturated carbocycles. The second-order valence-electron chi connectivity index (χ2n) is 4.83. The van der Waals surface area contributed by atoms with Crippen LogP contribution in [-0.4, -0.2) is 11.1 Å². The van der Waals surface area contributed by atoms with Gasteiger partial charge in [0.1, 0.15) is 16.4 Å². The molecule has 0 bridgehead atoms. The number of furan rings is 1. The molecule has 3 rings (SSSR count). The Bertz CT molecular complexity index is 788. The number of carbonyl (C=O) groups is 1. The van der Waals surface area contributed by atoms with Crippen LogP contribution in [-0.2, 0) is 13.1 Å². The normalized spacial score (nSPS) is 11.1. The molecule has 108 valence electrons. The van der Waals surface area contributed by atoms with Crippen LogP contribution in [0.1, 0.15) is 26.8 Å². The molecule has 2 N–H and O–H groups in total. The van der Waals surface area contributed by atoms with E-state index < -0.39 is 5.97 Å². The molecule has 0 spiro atoms. The van der Waals surface area contributed by atoms with Gasteiger partial charge in [-0.25, -0.2) is 4.79 Å². The molecule has 0 radical (unpaired) electrons. The fraction of sp³-hybridized carbons (Fsp3) is 0.188. The Balaban J connectivity index is 1.82. The second-order valence-corrected chi connectivity index (χ2v) is 5.88. The number of thiophene rings is 1. The Kier molecular flexibility index (Phi) is 3.77. The van der Waals surface area contributed by atoms with Crippen molar-refractivity contribution in [2.75, 3.05) is 0 Å². The Morgan fingerprint density at radius 1 is 1.24 bits per heavy atom. The zero-order chi connectivity index (χ0) is 14.8. The molecule has 0 amide bonds. The van der Waals surface area contributed by atoms with Crippen molar-refractivity contribution in [3.63, 3.8) is 0 Å². The summed E-state index contributed by atoms with van der Waals surface area (Å²) in [6.45, 7) is 2.99. The fourth-order valence-electron chi connectivity index (χ4n) is 2.34. The van der Waals surface area contributed by atoms with Crippen molar-refractivity contribution in [2.24, 2.45) is 0 Å². The first-order valence-electron chi connectivity index (χ1n) is 6.65. The van der Waals surface area contributed by atoms with E-state index in [-0.39, 0.29) is 0 Å². The quantitative estimate of drug-likeness (QED) is 0.752. The van der Waals surface area contributed by atoms with Gasteiger partial charge in [0.05, 0.1) is 6.54 Å².